The van der Waals surface area contributed by atoms with Gasteiger partial charge in [0.25, 0.3) is 0 Å². The van der Waals surface area contributed by atoms with Gasteiger partial charge in [-0.15, -0.1) is 11.3 Å². The average Bonchev–Trinajstić information content (AvgIpc) is 2.43. The molecule has 1 aromatic heterocycles. The Morgan fingerprint density at radius 2 is 2.33 bits per heavy atom. The van der Waals surface area contributed by atoms with E-state index >= 15 is 0 Å². The fraction of sp³-hybridized carbons (Fsp3) is 0.222. The molecular formula is C9H9NS2. The van der Waals surface area contributed by atoms with Crippen LogP contribution < -0.4 is 0 Å². The van der Waals surface area contributed by atoms with Crippen molar-refractivity contribution in [2.24, 2.45) is 0 Å². The van der Waals surface area contributed by atoms with Crippen LogP contribution in [0.4, 0.5) is 0 Å². The molecule has 3 heteroatoms. The third-order valence-electron chi connectivity index (χ3n) is 1.89. The van der Waals surface area contributed by atoms with Crippen molar-refractivity contribution in [1.82, 2.24) is 4.98 Å². The summed E-state index contributed by atoms with van der Waals surface area (Å²) in [7, 11) is 0. The largest absolute Gasteiger partial charge is 0.337 e. The molecule has 0 amide bonds. The lowest BCUT2D eigenvalue weighted by atomic mass is 10.2. The van der Waals surface area contributed by atoms with Gasteiger partial charge in [0.05, 0.1) is 10.2 Å². The lowest BCUT2D eigenvalue weighted by Gasteiger charge is -1.94. The second-order valence-corrected chi connectivity index (χ2v) is 4.42. The maximum absolute atomic E-state index is 5.06. The second kappa shape index (κ2) is 2.99. The van der Waals surface area contributed by atoms with Gasteiger partial charge in [-0.2, -0.15) is 0 Å². The highest BCUT2D eigenvalue weighted by atomic mass is 32.1. The van der Waals surface area contributed by atoms with Gasteiger partial charge in [-0.3, -0.25) is 0 Å². The third-order valence-corrected chi connectivity index (χ3v) is 3.11. The van der Waals surface area contributed by atoms with E-state index in [2.05, 4.69) is 30.1 Å². The van der Waals surface area contributed by atoms with Gasteiger partial charge in [0.15, 0.2) is 3.95 Å². The van der Waals surface area contributed by atoms with Crippen LogP contribution in [0.5, 0.6) is 0 Å². The summed E-state index contributed by atoms with van der Waals surface area (Å²) in [5.74, 6) is 0. The van der Waals surface area contributed by atoms with Crippen LogP contribution in [0.15, 0.2) is 18.2 Å². The van der Waals surface area contributed by atoms with Crippen molar-refractivity contribution >= 4 is 33.8 Å². The Kier molecular flexibility index (Phi) is 1.98. The summed E-state index contributed by atoms with van der Waals surface area (Å²) < 4.78 is 2.11. The number of benzene rings is 1. The molecule has 2 aromatic rings. The zero-order valence-corrected chi connectivity index (χ0v) is 8.39. The smallest absolute Gasteiger partial charge is 0.159 e. The van der Waals surface area contributed by atoms with Crippen molar-refractivity contribution in [2.75, 3.05) is 0 Å². The molecular weight excluding hydrogens is 186 g/mol. The summed E-state index contributed by atoms with van der Waals surface area (Å²) >= 11 is 6.69. The molecule has 1 N–H and O–H groups in total. The van der Waals surface area contributed by atoms with Crippen LogP contribution in [0, 0.1) is 3.95 Å². The van der Waals surface area contributed by atoms with Crippen molar-refractivity contribution < 1.29 is 0 Å². The van der Waals surface area contributed by atoms with Gasteiger partial charge < -0.3 is 4.98 Å². The predicted octanol–water partition coefficient (Wildman–Crippen LogP) is 3.52. The molecule has 1 aromatic carbocycles. The molecule has 2 rings (SSSR count). The molecule has 62 valence electrons. The molecule has 1 nitrogen and oxygen atoms in total. The highest BCUT2D eigenvalue weighted by molar-refractivity contribution is 7.73. The van der Waals surface area contributed by atoms with E-state index in [4.69, 9.17) is 12.2 Å². The Morgan fingerprint density at radius 1 is 1.50 bits per heavy atom. The first kappa shape index (κ1) is 7.95. The summed E-state index contributed by atoms with van der Waals surface area (Å²) in [6, 6.07) is 6.45. The predicted molar refractivity (Wildman–Crippen MR) is 56.4 cm³/mol. The van der Waals surface area contributed by atoms with Crippen LogP contribution in [-0.4, -0.2) is 4.98 Å². The van der Waals surface area contributed by atoms with Crippen LogP contribution in [0.2, 0.25) is 0 Å². The zero-order valence-electron chi connectivity index (χ0n) is 6.76. The standard InChI is InChI=1S/C9H9NS2/c1-2-6-3-4-8-7(5-6)10-9(11)12-8/h3-5H,2H2,1H3,(H,10,11). The van der Waals surface area contributed by atoms with E-state index in [9.17, 15) is 0 Å². The number of aryl methyl sites for hydroxylation is 1. The highest BCUT2D eigenvalue weighted by Crippen LogP contribution is 2.20. The van der Waals surface area contributed by atoms with E-state index in [0.29, 0.717) is 0 Å². The lowest BCUT2D eigenvalue weighted by Crippen LogP contribution is -1.77. The summed E-state index contributed by atoms with van der Waals surface area (Å²) in [4.78, 5) is 3.17. The third kappa shape index (κ3) is 1.30. The topological polar surface area (TPSA) is 15.8 Å². The van der Waals surface area contributed by atoms with Crippen LogP contribution in [0.3, 0.4) is 0 Å². The van der Waals surface area contributed by atoms with Gasteiger partial charge in [-0.05, 0) is 36.3 Å². The molecule has 0 unspecified atom stereocenters. The van der Waals surface area contributed by atoms with Gasteiger partial charge in [0.1, 0.15) is 0 Å². The van der Waals surface area contributed by atoms with E-state index in [1.54, 1.807) is 11.3 Å². The van der Waals surface area contributed by atoms with E-state index < -0.39 is 0 Å². The highest BCUT2D eigenvalue weighted by Gasteiger charge is 1.96. The van der Waals surface area contributed by atoms with Crippen molar-refractivity contribution in [2.45, 2.75) is 13.3 Å². The maximum atomic E-state index is 5.06. The number of H-pyrrole nitrogens is 1. The Balaban J connectivity index is 2.74. The van der Waals surface area contributed by atoms with Crippen LogP contribution in [0.1, 0.15) is 12.5 Å². The molecule has 12 heavy (non-hydrogen) atoms. The first-order chi connectivity index (χ1) is 5.79. The number of nitrogens with one attached hydrogen (secondary N) is 1. The number of hydrogen-bond acceptors (Lipinski definition) is 2. The second-order valence-electron chi connectivity index (χ2n) is 2.70. The Bertz CT molecular complexity index is 453. The Hall–Kier alpha value is -0.670. The molecule has 0 aliphatic carbocycles. The molecule has 0 fully saturated rings. The number of aromatic amines is 1. The molecule has 0 spiro atoms. The molecule has 0 saturated heterocycles. The summed E-state index contributed by atoms with van der Waals surface area (Å²) in [6.07, 6.45) is 1.08. The fourth-order valence-corrected chi connectivity index (χ4v) is 2.32. The van der Waals surface area contributed by atoms with Crippen LogP contribution in [-0.2, 0) is 6.42 Å². The lowest BCUT2D eigenvalue weighted by molar-refractivity contribution is 1.14. The molecule has 0 bridgehead atoms. The molecule has 0 saturated carbocycles. The first-order valence-corrected chi connectivity index (χ1v) is 5.14. The maximum Gasteiger partial charge on any atom is 0.159 e. The summed E-state index contributed by atoms with van der Waals surface area (Å²) in [5.41, 5.74) is 2.52. The van der Waals surface area contributed by atoms with E-state index in [-0.39, 0.29) is 0 Å². The molecule has 1 heterocycles. The Morgan fingerprint density at radius 3 is 3.08 bits per heavy atom. The quantitative estimate of drug-likeness (QED) is 0.688. The van der Waals surface area contributed by atoms with Gasteiger partial charge in [0.2, 0.25) is 0 Å². The summed E-state index contributed by atoms with van der Waals surface area (Å²) in [6.45, 7) is 2.15. The van der Waals surface area contributed by atoms with E-state index in [0.717, 1.165) is 10.4 Å². The number of fused-ring (bicyclic) bond motifs is 1. The number of thiazole rings is 1. The molecule has 0 aliphatic rings. The van der Waals surface area contributed by atoms with E-state index in [1.165, 1.54) is 15.8 Å². The van der Waals surface area contributed by atoms with Gasteiger partial charge >= 0.3 is 0 Å². The summed E-state index contributed by atoms with van der Waals surface area (Å²) in [5, 5.41) is 0. The van der Waals surface area contributed by atoms with Gasteiger partial charge in [0, 0.05) is 0 Å². The average molecular weight is 195 g/mol. The fourth-order valence-electron chi connectivity index (χ4n) is 1.22. The molecule has 0 radical (unpaired) electrons. The van der Waals surface area contributed by atoms with Gasteiger partial charge in [-0.1, -0.05) is 13.0 Å². The van der Waals surface area contributed by atoms with Crippen molar-refractivity contribution in [3.8, 4) is 0 Å². The van der Waals surface area contributed by atoms with Crippen molar-refractivity contribution in [1.29, 1.82) is 0 Å². The Labute approximate surface area is 80.1 Å². The van der Waals surface area contributed by atoms with Crippen molar-refractivity contribution in [3.05, 3.63) is 27.7 Å². The SMILES string of the molecule is CCc1ccc2sc(=S)[nH]c2c1. The minimum absolute atomic E-state index is 0.859. The van der Waals surface area contributed by atoms with Crippen molar-refractivity contribution in [3.63, 3.8) is 0 Å². The van der Waals surface area contributed by atoms with E-state index in [1.807, 2.05) is 0 Å². The number of hydrogen-bond donors (Lipinski definition) is 1. The monoisotopic (exact) mass is 195 g/mol. The first-order valence-electron chi connectivity index (χ1n) is 3.91. The molecule has 0 atom stereocenters. The zero-order chi connectivity index (χ0) is 8.55. The van der Waals surface area contributed by atoms with Crippen LogP contribution in [0.25, 0.3) is 10.2 Å². The minimum atomic E-state index is 0.859. The number of aromatic nitrogens is 1. The molecule has 0 aliphatic heterocycles. The number of rotatable bonds is 1. The van der Waals surface area contributed by atoms with Crippen LogP contribution >= 0.6 is 23.6 Å². The normalized spacial score (nSPS) is 10.8. The van der Waals surface area contributed by atoms with Gasteiger partial charge in [-0.25, -0.2) is 0 Å². The minimum Gasteiger partial charge on any atom is -0.337 e.